The molecule has 1 aromatic carbocycles. The zero-order valence-corrected chi connectivity index (χ0v) is 15.6. The summed E-state index contributed by atoms with van der Waals surface area (Å²) in [4.78, 5) is 25.6. The molecule has 1 atom stereocenters. The van der Waals surface area contributed by atoms with Crippen LogP contribution in [0, 0.1) is 5.82 Å². The van der Waals surface area contributed by atoms with Crippen molar-refractivity contribution in [3.8, 4) is 11.6 Å². The van der Waals surface area contributed by atoms with Crippen LogP contribution in [0.15, 0.2) is 36.7 Å². The number of nitrogens with zero attached hydrogens (tertiary/aromatic N) is 4. The van der Waals surface area contributed by atoms with Crippen molar-refractivity contribution in [1.82, 2.24) is 19.8 Å². The number of hydrogen-bond acceptors (Lipinski definition) is 6. The molecule has 7 nitrogen and oxygen atoms in total. The Morgan fingerprint density at radius 3 is 2.75 bits per heavy atom. The zero-order chi connectivity index (χ0) is 19.3. The largest absolute Gasteiger partial charge is 0.437 e. The molecule has 0 bridgehead atoms. The van der Waals surface area contributed by atoms with E-state index < -0.39 is 0 Å². The molecule has 0 saturated carbocycles. The molecule has 1 amide bonds. The molecule has 148 valence electrons. The molecule has 3 heterocycles. The highest BCUT2D eigenvalue weighted by Gasteiger charge is 2.32. The fourth-order valence-electron chi connectivity index (χ4n) is 3.61. The third kappa shape index (κ3) is 4.45. The minimum atomic E-state index is -0.326. The van der Waals surface area contributed by atoms with E-state index in [2.05, 4.69) is 14.9 Å². The molecule has 2 saturated heterocycles. The third-order valence-corrected chi connectivity index (χ3v) is 5.04. The molecule has 8 heteroatoms. The molecule has 28 heavy (non-hydrogen) atoms. The number of ether oxygens (including phenoxy) is 2. The van der Waals surface area contributed by atoms with Crippen LogP contribution >= 0.6 is 0 Å². The van der Waals surface area contributed by atoms with E-state index in [0.29, 0.717) is 37.1 Å². The van der Waals surface area contributed by atoms with Crippen molar-refractivity contribution in [1.29, 1.82) is 0 Å². The number of amides is 1. The average molecular weight is 386 g/mol. The van der Waals surface area contributed by atoms with E-state index in [1.807, 2.05) is 4.90 Å². The Bertz CT molecular complexity index is 811. The van der Waals surface area contributed by atoms with Gasteiger partial charge in [-0.2, -0.15) is 0 Å². The molecule has 2 aliphatic heterocycles. The van der Waals surface area contributed by atoms with Crippen molar-refractivity contribution in [3.63, 3.8) is 0 Å². The lowest BCUT2D eigenvalue weighted by molar-refractivity contribution is -0.134. The van der Waals surface area contributed by atoms with E-state index >= 15 is 0 Å². The van der Waals surface area contributed by atoms with Gasteiger partial charge in [0.2, 0.25) is 11.8 Å². The number of carbonyl (C=O) groups excluding carboxylic acids is 1. The van der Waals surface area contributed by atoms with Gasteiger partial charge in [0.25, 0.3) is 0 Å². The van der Waals surface area contributed by atoms with Crippen LogP contribution in [0.3, 0.4) is 0 Å². The molecule has 0 N–H and O–H groups in total. The number of rotatable bonds is 5. The Kier molecular flexibility index (Phi) is 5.78. The molecule has 2 aromatic rings. The first-order valence-corrected chi connectivity index (χ1v) is 9.54. The second-order valence-electron chi connectivity index (χ2n) is 6.97. The Morgan fingerprint density at radius 1 is 1.18 bits per heavy atom. The summed E-state index contributed by atoms with van der Waals surface area (Å²) in [6, 6.07) is 5.64. The van der Waals surface area contributed by atoms with Gasteiger partial charge in [-0.15, -0.1) is 0 Å². The minimum absolute atomic E-state index is 0.0993. The first-order chi connectivity index (χ1) is 13.7. The van der Waals surface area contributed by atoms with Gasteiger partial charge in [0.1, 0.15) is 11.6 Å². The van der Waals surface area contributed by atoms with Gasteiger partial charge in [0.15, 0.2) is 0 Å². The van der Waals surface area contributed by atoms with Gasteiger partial charge < -0.3 is 14.4 Å². The number of aromatic nitrogens is 2. The molecule has 1 unspecified atom stereocenters. The van der Waals surface area contributed by atoms with E-state index in [0.717, 1.165) is 32.5 Å². The zero-order valence-electron chi connectivity index (χ0n) is 15.6. The average Bonchev–Trinajstić information content (AvgIpc) is 3.21. The van der Waals surface area contributed by atoms with Crippen molar-refractivity contribution in [3.05, 3.63) is 48.2 Å². The van der Waals surface area contributed by atoms with Gasteiger partial charge in [-0.3, -0.25) is 14.7 Å². The molecule has 0 radical (unpaired) electrons. The standard InChI is InChI=1S/C20H23FN4O3/c21-15-3-5-16(6-4-15)28-19-13-22-12-17(23-19)18-2-1-7-25(18)20(26)14-24-8-10-27-11-9-24/h3-6,12-13,18H,1-2,7-11,14H2. The third-order valence-electron chi connectivity index (χ3n) is 5.04. The van der Waals surface area contributed by atoms with E-state index in [1.54, 1.807) is 6.20 Å². The summed E-state index contributed by atoms with van der Waals surface area (Å²) in [7, 11) is 0. The molecule has 2 fully saturated rings. The Balaban J connectivity index is 1.44. The van der Waals surface area contributed by atoms with Crippen LogP contribution in [-0.2, 0) is 9.53 Å². The number of likely N-dealkylation sites (tertiary alicyclic amines) is 1. The highest BCUT2D eigenvalue weighted by Crippen LogP contribution is 2.32. The van der Waals surface area contributed by atoms with Crippen molar-refractivity contribution >= 4 is 5.91 Å². The number of hydrogen-bond donors (Lipinski definition) is 0. The lowest BCUT2D eigenvalue weighted by Crippen LogP contribution is -2.44. The molecular weight excluding hydrogens is 363 g/mol. The summed E-state index contributed by atoms with van der Waals surface area (Å²) in [5.41, 5.74) is 0.715. The molecule has 0 spiro atoms. The molecule has 4 rings (SSSR count). The number of benzene rings is 1. The topological polar surface area (TPSA) is 67.8 Å². The fourth-order valence-corrected chi connectivity index (χ4v) is 3.61. The Labute approximate surface area is 163 Å². The number of morpholine rings is 1. The molecule has 2 aliphatic rings. The number of carbonyl (C=O) groups is 1. The maximum Gasteiger partial charge on any atom is 0.238 e. The lowest BCUT2D eigenvalue weighted by atomic mass is 10.1. The second-order valence-corrected chi connectivity index (χ2v) is 6.97. The van der Waals surface area contributed by atoms with Gasteiger partial charge in [-0.1, -0.05) is 0 Å². The molecule has 1 aromatic heterocycles. The van der Waals surface area contributed by atoms with Crippen molar-refractivity contribution in [2.24, 2.45) is 0 Å². The van der Waals surface area contributed by atoms with Crippen molar-refractivity contribution in [2.45, 2.75) is 18.9 Å². The van der Waals surface area contributed by atoms with Gasteiger partial charge in [-0.25, -0.2) is 9.37 Å². The maximum atomic E-state index is 13.0. The van der Waals surface area contributed by atoms with Crippen molar-refractivity contribution in [2.75, 3.05) is 39.4 Å². The lowest BCUT2D eigenvalue weighted by Gasteiger charge is -2.30. The van der Waals surface area contributed by atoms with E-state index in [4.69, 9.17) is 9.47 Å². The summed E-state index contributed by atoms with van der Waals surface area (Å²) in [6.45, 7) is 4.03. The van der Waals surface area contributed by atoms with Gasteiger partial charge in [0, 0.05) is 19.6 Å². The Morgan fingerprint density at radius 2 is 1.96 bits per heavy atom. The molecule has 0 aliphatic carbocycles. The highest BCUT2D eigenvalue weighted by molar-refractivity contribution is 5.79. The number of halogens is 1. The summed E-state index contributed by atoms with van der Waals surface area (Å²) in [6.07, 6.45) is 4.98. The van der Waals surface area contributed by atoms with Gasteiger partial charge in [0.05, 0.1) is 43.9 Å². The van der Waals surface area contributed by atoms with Crippen LogP contribution in [0.5, 0.6) is 11.6 Å². The summed E-state index contributed by atoms with van der Waals surface area (Å²) >= 11 is 0. The Hall–Kier alpha value is -2.58. The van der Waals surface area contributed by atoms with Crippen LogP contribution < -0.4 is 4.74 Å². The first kappa shape index (κ1) is 18.8. The van der Waals surface area contributed by atoms with E-state index in [9.17, 15) is 9.18 Å². The fraction of sp³-hybridized carbons (Fsp3) is 0.450. The monoisotopic (exact) mass is 386 g/mol. The van der Waals surface area contributed by atoms with E-state index in [1.165, 1.54) is 30.5 Å². The minimum Gasteiger partial charge on any atom is -0.437 e. The van der Waals surface area contributed by atoms with Crippen LogP contribution in [-0.4, -0.2) is 65.1 Å². The van der Waals surface area contributed by atoms with Crippen molar-refractivity contribution < 1.29 is 18.7 Å². The van der Waals surface area contributed by atoms with Crippen LogP contribution in [0.2, 0.25) is 0 Å². The summed E-state index contributed by atoms with van der Waals surface area (Å²) < 4.78 is 24.1. The van der Waals surface area contributed by atoms with Crippen LogP contribution in [0.25, 0.3) is 0 Å². The molecular formula is C20H23FN4O3. The first-order valence-electron chi connectivity index (χ1n) is 9.54. The van der Waals surface area contributed by atoms with Gasteiger partial charge >= 0.3 is 0 Å². The summed E-state index contributed by atoms with van der Waals surface area (Å²) in [5.74, 6) is 0.597. The summed E-state index contributed by atoms with van der Waals surface area (Å²) in [5, 5.41) is 0. The quantitative estimate of drug-likeness (QED) is 0.786. The normalized spacial score (nSPS) is 20.3. The predicted octanol–water partition coefficient (Wildman–Crippen LogP) is 2.40. The van der Waals surface area contributed by atoms with Crippen LogP contribution in [0.1, 0.15) is 24.6 Å². The maximum absolute atomic E-state index is 13.0. The smallest absolute Gasteiger partial charge is 0.238 e. The van der Waals surface area contributed by atoms with E-state index in [-0.39, 0.29) is 17.8 Å². The van der Waals surface area contributed by atoms with Gasteiger partial charge in [-0.05, 0) is 37.1 Å². The highest BCUT2D eigenvalue weighted by atomic mass is 19.1. The predicted molar refractivity (Wildman–Crippen MR) is 99.5 cm³/mol. The second kappa shape index (κ2) is 8.62. The SMILES string of the molecule is O=C(CN1CCOCC1)N1CCCC1c1cncc(Oc2ccc(F)cc2)n1. The van der Waals surface area contributed by atoms with Crippen LogP contribution in [0.4, 0.5) is 4.39 Å².